The molecule has 168 valence electrons. The van der Waals surface area contributed by atoms with Crippen LogP contribution in [0, 0.1) is 0 Å². The molecule has 0 bridgehead atoms. The monoisotopic (exact) mass is 481 g/mol. The smallest absolute Gasteiger partial charge is 0.251 e. The average Bonchev–Trinajstić information content (AvgIpc) is 3.38. The van der Waals surface area contributed by atoms with Crippen molar-refractivity contribution in [3.63, 3.8) is 0 Å². The summed E-state index contributed by atoms with van der Waals surface area (Å²) in [6, 6.07) is 20.1. The van der Waals surface area contributed by atoms with Crippen LogP contribution in [0.3, 0.4) is 0 Å². The highest BCUT2D eigenvalue weighted by molar-refractivity contribution is 6.42. The van der Waals surface area contributed by atoms with Crippen LogP contribution in [0.15, 0.2) is 79.1 Å². The van der Waals surface area contributed by atoms with Crippen molar-refractivity contribution in [1.29, 1.82) is 0 Å². The first-order valence-corrected chi connectivity index (χ1v) is 10.9. The van der Waals surface area contributed by atoms with Crippen LogP contribution < -0.4 is 14.8 Å². The highest BCUT2D eigenvalue weighted by Gasteiger charge is 2.13. The minimum Gasteiger partial charge on any atom is -0.496 e. The molecular weight excluding hydrogens is 461 g/mol. The molecule has 6 nitrogen and oxygen atoms in total. The topological polar surface area (TPSA) is 65.4 Å². The van der Waals surface area contributed by atoms with E-state index in [1.54, 1.807) is 54.4 Å². The third-order valence-corrected chi connectivity index (χ3v) is 5.80. The lowest BCUT2D eigenvalue weighted by atomic mass is 10.1. The molecule has 4 rings (SSSR count). The molecule has 0 saturated heterocycles. The summed E-state index contributed by atoms with van der Waals surface area (Å²) in [6.45, 7) is 0.563. The first kappa shape index (κ1) is 22.7. The third kappa shape index (κ3) is 5.48. The molecule has 0 aliphatic carbocycles. The van der Waals surface area contributed by atoms with E-state index in [4.69, 9.17) is 32.7 Å². The quantitative estimate of drug-likeness (QED) is 0.350. The van der Waals surface area contributed by atoms with Crippen LogP contribution in [0.4, 0.5) is 0 Å². The Labute approximate surface area is 201 Å². The second-order valence-corrected chi connectivity index (χ2v) is 7.95. The van der Waals surface area contributed by atoms with E-state index < -0.39 is 0 Å². The summed E-state index contributed by atoms with van der Waals surface area (Å²) in [5.41, 5.74) is 3.14. The van der Waals surface area contributed by atoms with E-state index in [0.717, 1.165) is 11.3 Å². The maximum atomic E-state index is 12.8. The highest BCUT2D eigenvalue weighted by atomic mass is 35.5. The number of hydrogen-bond acceptors (Lipinski definition) is 4. The Morgan fingerprint density at radius 2 is 1.85 bits per heavy atom. The number of halogens is 2. The zero-order valence-electron chi connectivity index (χ0n) is 17.8. The molecule has 0 atom stereocenters. The fourth-order valence-electron chi connectivity index (χ4n) is 3.26. The van der Waals surface area contributed by atoms with Gasteiger partial charge in [0.15, 0.2) is 0 Å². The SMILES string of the molecule is COc1ccc(C(=O)NCc2ccc(-n3cccn3)cc2)cc1COc1cccc(Cl)c1Cl. The molecule has 4 aromatic rings. The van der Waals surface area contributed by atoms with Gasteiger partial charge in [-0.1, -0.05) is 41.4 Å². The van der Waals surface area contributed by atoms with E-state index in [1.165, 1.54) is 0 Å². The average molecular weight is 482 g/mol. The number of ether oxygens (including phenoxy) is 2. The predicted octanol–water partition coefficient (Wildman–Crippen LogP) is 5.70. The van der Waals surface area contributed by atoms with Crippen LogP contribution in [0.5, 0.6) is 11.5 Å². The lowest BCUT2D eigenvalue weighted by Gasteiger charge is -2.13. The summed E-state index contributed by atoms with van der Waals surface area (Å²) in [5.74, 6) is 0.870. The van der Waals surface area contributed by atoms with Gasteiger partial charge in [0.05, 0.1) is 17.8 Å². The van der Waals surface area contributed by atoms with Crippen LogP contribution in [-0.4, -0.2) is 22.8 Å². The number of methoxy groups -OCH3 is 1. The van der Waals surface area contributed by atoms with Gasteiger partial charge in [0, 0.05) is 30.1 Å². The highest BCUT2D eigenvalue weighted by Crippen LogP contribution is 2.32. The van der Waals surface area contributed by atoms with Crippen molar-refractivity contribution in [3.05, 3.63) is 106 Å². The molecule has 3 aromatic carbocycles. The zero-order valence-corrected chi connectivity index (χ0v) is 19.3. The number of rotatable bonds is 8. The van der Waals surface area contributed by atoms with Gasteiger partial charge in [-0.15, -0.1) is 0 Å². The van der Waals surface area contributed by atoms with Gasteiger partial charge in [0.25, 0.3) is 5.91 Å². The number of benzene rings is 3. The number of carbonyl (C=O) groups excluding carboxylic acids is 1. The number of amides is 1. The van der Waals surface area contributed by atoms with Crippen molar-refractivity contribution in [2.45, 2.75) is 13.2 Å². The van der Waals surface area contributed by atoms with Gasteiger partial charge in [-0.3, -0.25) is 4.79 Å². The molecule has 1 N–H and O–H groups in total. The number of hydrogen-bond donors (Lipinski definition) is 1. The van der Waals surface area contributed by atoms with Gasteiger partial charge in [-0.2, -0.15) is 5.10 Å². The number of nitrogens with one attached hydrogen (secondary N) is 1. The first-order chi connectivity index (χ1) is 16.0. The van der Waals surface area contributed by atoms with Gasteiger partial charge in [0.2, 0.25) is 0 Å². The second-order valence-electron chi connectivity index (χ2n) is 7.17. The Kier molecular flexibility index (Phi) is 7.17. The largest absolute Gasteiger partial charge is 0.496 e. The number of nitrogens with zero attached hydrogens (tertiary/aromatic N) is 2. The maximum absolute atomic E-state index is 12.8. The fraction of sp³-hybridized carbons (Fsp3) is 0.120. The molecule has 0 aliphatic rings. The van der Waals surface area contributed by atoms with Crippen LogP contribution >= 0.6 is 23.2 Å². The van der Waals surface area contributed by atoms with Crippen molar-refractivity contribution >= 4 is 29.1 Å². The summed E-state index contributed by atoms with van der Waals surface area (Å²) < 4.78 is 13.0. The Balaban J connectivity index is 1.41. The summed E-state index contributed by atoms with van der Waals surface area (Å²) in [4.78, 5) is 12.8. The standard InChI is InChI=1S/C25H21Cl2N3O3/c1-32-22-11-8-18(14-19(22)16-33-23-5-2-4-21(26)24(23)27)25(31)28-15-17-6-9-20(10-7-17)30-13-3-12-29-30/h2-14H,15-16H2,1H3,(H,28,31). The second kappa shape index (κ2) is 10.4. The molecular formula is C25H21Cl2N3O3. The first-order valence-electron chi connectivity index (χ1n) is 10.2. The molecule has 1 amide bonds. The third-order valence-electron chi connectivity index (χ3n) is 5.00. The minimum atomic E-state index is -0.198. The Morgan fingerprint density at radius 1 is 1.03 bits per heavy atom. The molecule has 0 aliphatic heterocycles. The van der Waals surface area contributed by atoms with Crippen molar-refractivity contribution in [2.24, 2.45) is 0 Å². The molecule has 8 heteroatoms. The molecule has 0 fully saturated rings. The number of carbonyl (C=O) groups is 1. The van der Waals surface area contributed by atoms with E-state index in [1.807, 2.05) is 36.5 Å². The zero-order chi connectivity index (χ0) is 23.2. The molecule has 0 radical (unpaired) electrons. The molecule has 0 saturated carbocycles. The molecule has 0 unspecified atom stereocenters. The summed E-state index contributed by atoms with van der Waals surface area (Å²) in [6.07, 6.45) is 3.61. The van der Waals surface area contributed by atoms with Crippen molar-refractivity contribution in [2.75, 3.05) is 7.11 Å². The Bertz CT molecular complexity index is 1240. The van der Waals surface area contributed by atoms with E-state index in [-0.39, 0.29) is 12.5 Å². The molecule has 1 aromatic heterocycles. The maximum Gasteiger partial charge on any atom is 0.251 e. The van der Waals surface area contributed by atoms with Crippen molar-refractivity contribution < 1.29 is 14.3 Å². The Hall–Kier alpha value is -3.48. The van der Waals surface area contributed by atoms with Gasteiger partial charge in [-0.05, 0) is 54.1 Å². The predicted molar refractivity (Wildman–Crippen MR) is 129 cm³/mol. The van der Waals surface area contributed by atoms with E-state index in [9.17, 15) is 4.79 Å². The summed E-state index contributed by atoms with van der Waals surface area (Å²) >= 11 is 12.2. The summed E-state index contributed by atoms with van der Waals surface area (Å²) in [7, 11) is 1.57. The van der Waals surface area contributed by atoms with Crippen LogP contribution in [-0.2, 0) is 13.2 Å². The van der Waals surface area contributed by atoms with E-state index >= 15 is 0 Å². The van der Waals surface area contributed by atoms with Crippen LogP contribution in [0.1, 0.15) is 21.5 Å². The van der Waals surface area contributed by atoms with Crippen LogP contribution in [0.25, 0.3) is 5.69 Å². The Morgan fingerprint density at radius 3 is 2.58 bits per heavy atom. The van der Waals surface area contributed by atoms with Gasteiger partial charge >= 0.3 is 0 Å². The molecule has 0 spiro atoms. The summed E-state index contributed by atoms with van der Waals surface area (Å²) in [5, 5.41) is 7.90. The number of aromatic nitrogens is 2. The minimum absolute atomic E-state index is 0.166. The van der Waals surface area contributed by atoms with Crippen molar-refractivity contribution in [1.82, 2.24) is 15.1 Å². The lowest BCUT2D eigenvalue weighted by Crippen LogP contribution is -2.23. The van der Waals surface area contributed by atoms with E-state index in [2.05, 4.69) is 10.4 Å². The van der Waals surface area contributed by atoms with E-state index in [0.29, 0.717) is 39.2 Å². The fourth-order valence-corrected chi connectivity index (χ4v) is 3.60. The van der Waals surface area contributed by atoms with Gasteiger partial charge in [-0.25, -0.2) is 4.68 Å². The molecule has 1 heterocycles. The van der Waals surface area contributed by atoms with Gasteiger partial charge in [0.1, 0.15) is 23.1 Å². The van der Waals surface area contributed by atoms with Crippen LogP contribution in [0.2, 0.25) is 10.0 Å². The normalized spacial score (nSPS) is 10.6. The lowest BCUT2D eigenvalue weighted by molar-refractivity contribution is 0.0950. The molecule has 33 heavy (non-hydrogen) atoms. The van der Waals surface area contributed by atoms with Crippen molar-refractivity contribution in [3.8, 4) is 17.2 Å². The van der Waals surface area contributed by atoms with Gasteiger partial charge < -0.3 is 14.8 Å².